The zero-order valence-electron chi connectivity index (χ0n) is 16.6. The van der Waals surface area contributed by atoms with Gasteiger partial charge in [0.2, 0.25) is 0 Å². The minimum atomic E-state index is 0. The molecule has 1 fully saturated rings. The third-order valence-electron chi connectivity index (χ3n) is 4.66. The molecule has 0 radical (unpaired) electrons. The number of nitrogens with one attached hydrogen (secondary N) is 2. The molecule has 154 valence electrons. The normalized spacial score (nSPS) is 16.3. The first kappa shape index (κ1) is 23.1. The summed E-state index contributed by atoms with van der Waals surface area (Å²) < 4.78 is 5.53. The van der Waals surface area contributed by atoms with Gasteiger partial charge in [-0.1, -0.05) is 30.3 Å². The smallest absolute Gasteiger partial charge is 0.191 e. The first-order valence-electron chi connectivity index (χ1n) is 9.49. The van der Waals surface area contributed by atoms with Crippen LogP contribution in [0.3, 0.4) is 0 Å². The maximum absolute atomic E-state index is 5.53. The molecule has 1 saturated heterocycles. The zero-order chi connectivity index (χ0) is 18.9. The lowest BCUT2D eigenvalue weighted by atomic mass is 10.0. The number of hydrogen-bond acceptors (Lipinski definition) is 5. The van der Waals surface area contributed by atoms with Gasteiger partial charge in [0.15, 0.2) is 5.96 Å². The molecule has 1 aromatic heterocycles. The minimum absolute atomic E-state index is 0. The van der Waals surface area contributed by atoms with Gasteiger partial charge in [0, 0.05) is 50.7 Å². The van der Waals surface area contributed by atoms with E-state index in [1.807, 2.05) is 13.2 Å². The Labute approximate surface area is 188 Å². The summed E-state index contributed by atoms with van der Waals surface area (Å²) in [6.45, 7) is 7.21. The average Bonchev–Trinajstić information content (AvgIpc) is 3.13. The highest BCUT2D eigenvalue weighted by molar-refractivity contribution is 14.0. The summed E-state index contributed by atoms with van der Waals surface area (Å²) in [5.74, 6) is 0.831. The van der Waals surface area contributed by atoms with E-state index in [0.29, 0.717) is 6.04 Å². The number of halogens is 1. The molecule has 1 atom stereocenters. The highest BCUT2D eigenvalue weighted by Gasteiger charge is 2.22. The number of hydrogen-bond donors (Lipinski definition) is 2. The van der Waals surface area contributed by atoms with Crippen LogP contribution in [-0.4, -0.2) is 62.3 Å². The van der Waals surface area contributed by atoms with Crippen molar-refractivity contribution in [2.45, 2.75) is 19.4 Å². The SMILES string of the molecule is CN=C(NCCc1ncc(C)s1)NCC(c1ccccc1)N1CCOCC1.I. The van der Waals surface area contributed by atoms with E-state index in [4.69, 9.17) is 4.74 Å². The molecule has 0 saturated carbocycles. The molecule has 3 rings (SSSR count). The summed E-state index contributed by atoms with van der Waals surface area (Å²) in [4.78, 5) is 12.5. The van der Waals surface area contributed by atoms with Crippen LogP contribution in [0.2, 0.25) is 0 Å². The van der Waals surface area contributed by atoms with Crippen LogP contribution in [0.1, 0.15) is 21.5 Å². The number of aryl methyl sites for hydroxylation is 1. The van der Waals surface area contributed by atoms with E-state index in [9.17, 15) is 0 Å². The van der Waals surface area contributed by atoms with E-state index < -0.39 is 0 Å². The van der Waals surface area contributed by atoms with Crippen LogP contribution in [0.25, 0.3) is 0 Å². The second kappa shape index (κ2) is 12.4. The molecular formula is C20H30IN5OS. The molecule has 2 heterocycles. The first-order chi connectivity index (χ1) is 13.3. The highest BCUT2D eigenvalue weighted by Crippen LogP contribution is 2.21. The van der Waals surface area contributed by atoms with E-state index >= 15 is 0 Å². The lowest BCUT2D eigenvalue weighted by Crippen LogP contribution is -2.46. The summed E-state index contributed by atoms with van der Waals surface area (Å²) in [7, 11) is 1.81. The van der Waals surface area contributed by atoms with Crippen molar-refractivity contribution in [3.8, 4) is 0 Å². The Morgan fingerprint density at radius 1 is 1.25 bits per heavy atom. The fourth-order valence-corrected chi connectivity index (χ4v) is 4.03. The summed E-state index contributed by atoms with van der Waals surface area (Å²) in [5.41, 5.74) is 1.32. The second-order valence-electron chi connectivity index (χ2n) is 6.57. The number of morpholine rings is 1. The predicted octanol–water partition coefficient (Wildman–Crippen LogP) is 2.85. The number of benzene rings is 1. The van der Waals surface area contributed by atoms with E-state index in [2.05, 4.69) is 62.8 Å². The number of aliphatic imine (C=N–C) groups is 1. The molecule has 8 heteroatoms. The average molecular weight is 515 g/mol. The summed E-state index contributed by atoms with van der Waals surface area (Å²) >= 11 is 1.75. The van der Waals surface area contributed by atoms with Crippen molar-refractivity contribution in [2.24, 2.45) is 4.99 Å². The van der Waals surface area contributed by atoms with Crippen molar-refractivity contribution in [1.82, 2.24) is 20.5 Å². The van der Waals surface area contributed by atoms with Crippen molar-refractivity contribution in [3.05, 3.63) is 52.0 Å². The molecule has 0 aliphatic carbocycles. The van der Waals surface area contributed by atoms with Gasteiger partial charge >= 0.3 is 0 Å². The number of nitrogens with zero attached hydrogens (tertiary/aromatic N) is 3. The van der Waals surface area contributed by atoms with Crippen LogP contribution < -0.4 is 10.6 Å². The van der Waals surface area contributed by atoms with Gasteiger partial charge in [-0.2, -0.15) is 0 Å². The van der Waals surface area contributed by atoms with Gasteiger partial charge in [0.25, 0.3) is 0 Å². The Balaban J connectivity index is 0.00000280. The van der Waals surface area contributed by atoms with Gasteiger partial charge in [-0.25, -0.2) is 4.98 Å². The molecule has 2 N–H and O–H groups in total. The highest BCUT2D eigenvalue weighted by atomic mass is 127. The number of rotatable bonds is 7. The summed E-state index contributed by atoms with van der Waals surface area (Å²) in [5, 5.41) is 8.05. The number of guanidine groups is 1. The van der Waals surface area contributed by atoms with Crippen LogP contribution in [0.4, 0.5) is 0 Å². The lowest BCUT2D eigenvalue weighted by Gasteiger charge is -2.35. The van der Waals surface area contributed by atoms with Gasteiger partial charge in [0.1, 0.15) is 0 Å². The molecule has 0 bridgehead atoms. The van der Waals surface area contributed by atoms with Crippen molar-refractivity contribution in [3.63, 3.8) is 0 Å². The van der Waals surface area contributed by atoms with Crippen molar-refractivity contribution < 1.29 is 4.74 Å². The standard InChI is InChI=1S/C20H29N5OS.HI/c1-16-14-23-19(27-16)8-9-22-20(21-2)24-15-18(17-6-4-3-5-7-17)25-10-12-26-13-11-25;/h3-7,14,18H,8-13,15H2,1-2H3,(H2,21,22,24);1H. The van der Waals surface area contributed by atoms with E-state index in [-0.39, 0.29) is 24.0 Å². The van der Waals surface area contributed by atoms with Crippen LogP contribution in [-0.2, 0) is 11.2 Å². The molecular weight excluding hydrogens is 485 g/mol. The molecule has 0 spiro atoms. The van der Waals surface area contributed by atoms with Crippen molar-refractivity contribution >= 4 is 41.3 Å². The zero-order valence-corrected chi connectivity index (χ0v) is 19.7. The molecule has 6 nitrogen and oxygen atoms in total. The monoisotopic (exact) mass is 515 g/mol. The van der Waals surface area contributed by atoms with Crippen LogP contribution in [0, 0.1) is 6.92 Å². The summed E-state index contributed by atoms with van der Waals surface area (Å²) in [6, 6.07) is 11.0. The van der Waals surface area contributed by atoms with Gasteiger partial charge in [-0.15, -0.1) is 35.3 Å². The van der Waals surface area contributed by atoms with Gasteiger partial charge in [0.05, 0.1) is 24.3 Å². The Morgan fingerprint density at radius 3 is 2.64 bits per heavy atom. The first-order valence-corrected chi connectivity index (χ1v) is 10.3. The molecule has 1 aromatic carbocycles. The van der Waals surface area contributed by atoms with Gasteiger partial charge in [-0.3, -0.25) is 9.89 Å². The van der Waals surface area contributed by atoms with Crippen molar-refractivity contribution in [2.75, 3.05) is 46.4 Å². The second-order valence-corrected chi connectivity index (χ2v) is 7.89. The molecule has 1 aliphatic rings. The third kappa shape index (κ3) is 6.98. The number of aromatic nitrogens is 1. The minimum Gasteiger partial charge on any atom is -0.379 e. The van der Waals surface area contributed by atoms with Crippen molar-refractivity contribution in [1.29, 1.82) is 0 Å². The van der Waals surface area contributed by atoms with Crippen LogP contribution >= 0.6 is 35.3 Å². The lowest BCUT2D eigenvalue weighted by molar-refractivity contribution is 0.0170. The molecule has 0 amide bonds. The quantitative estimate of drug-likeness (QED) is 0.338. The Bertz CT molecular complexity index is 718. The molecule has 28 heavy (non-hydrogen) atoms. The van der Waals surface area contributed by atoms with E-state index in [1.54, 1.807) is 11.3 Å². The largest absolute Gasteiger partial charge is 0.379 e. The Morgan fingerprint density at radius 2 is 2.00 bits per heavy atom. The topological polar surface area (TPSA) is 61.8 Å². The number of ether oxygens (including phenoxy) is 1. The third-order valence-corrected chi connectivity index (χ3v) is 5.63. The number of thiazole rings is 1. The van der Waals surface area contributed by atoms with Gasteiger partial charge in [-0.05, 0) is 12.5 Å². The maximum atomic E-state index is 5.53. The fourth-order valence-electron chi connectivity index (χ4n) is 3.24. The fraction of sp³-hybridized carbons (Fsp3) is 0.500. The van der Waals surface area contributed by atoms with Crippen LogP contribution in [0.15, 0.2) is 41.5 Å². The van der Waals surface area contributed by atoms with Crippen LogP contribution in [0.5, 0.6) is 0 Å². The van der Waals surface area contributed by atoms with E-state index in [1.165, 1.54) is 10.4 Å². The Kier molecular flexibility index (Phi) is 10.2. The maximum Gasteiger partial charge on any atom is 0.191 e. The van der Waals surface area contributed by atoms with Gasteiger partial charge < -0.3 is 15.4 Å². The predicted molar refractivity (Wildman–Crippen MR) is 127 cm³/mol. The summed E-state index contributed by atoms with van der Waals surface area (Å²) in [6.07, 6.45) is 2.84. The molecule has 1 unspecified atom stereocenters. The van der Waals surface area contributed by atoms with E-state index in [0.717, 1.165) is 56.8 Å². The molecule has 1 aliphatic heterocycles. The Hall–Kier alpha value is -1.23. The molecule has 2 aromatic rings.